The predicted molar refractivity (Wildman–Crippen MR) is 87.4 cm³/mol. The number of hydrogen-bond acceptors (Lipinski definition) is 4. The second kappa shape index (κ2) is 9.40. The minimum absolute atomic E-state index is 0.00697. The average Bonchev–Trinajstić information content (AvgIpc) is 2.60. The van der Waals surface area contributed by atoms with Gasteiger partial charge >= 0.3 is 0 Å². The van der Waals surface area contributed by atoms with Gasteiger partial charge in [-0.05, 0) is 29.3 Å². The van der Waals surface area contributed by atoms with E-state index < -0.39 is 0 Å². The fourth-order valence-electron chi connectivity index (χ4n) is 1.78. The molecule has 0 bridgehead atoms. The van der Waals surface area contributed by atoms with E-state index in [1.807, 2.05) is 54.6 Å². The molecular weight excluding hydrogens is 294 g/mol. The smallest absolute Gasteiger partial charge is 0.267 e. The van der Waals surface area contributed by atoms with E-state index in [4.69, 9.17) is 9.57 Å². The van der Waals surface area contributed by atoms with Crippen molar-refractivity contribution in [3.05, 3.63) is 71.8 Å². The van der Waals surface area contributed by atoms with Crippen LogP contribution in [0.4, 0.5) is 0 Å². The third kappa shape index (κ3) is 6.34. The summed E-state index contributed by atoms with van der Waals surface area (Å²) < 4.78 is 10.3. The van der Waals surface area contributed by atoms with Gasteiger partial charge in [-0.25, -0.2) is 10.3 Å². The summed E-state index contributed by atoms with van der Waals surface area (Å²) in [5, 5.41) is 0. The van der Waals surface area contributed by atoms with Crippen molar-refractivity contribution in [1.82, 2.24) is 5.48 Å². The highest BCUT2D eigenvalue weighted by molar-refractivity contribution is 5.90. The summed E-state index contributed by atoms with van der Waals surface area (Å²) in [4.78, 5) is 16.1. The van der Waals surface area contributed by atoms with E-state index >= 15 is 0 Å². The fourth-order valence-corrected chi connectivity index (χ4v) is 1.78. The van der Waals surface area contributed by atoms with Gasteiger partial charge in [-0.3, -0.25) is 4.79 Å². The standard InChI is InChI=1S/C18H19NO4/c1-21-14-23-19-18(20)12-9-15-7-10-17(11-8-15)22-13-16-5-3-2-4-6-16/h2-12H,13-14H2,1H3,(H,19,20)/b12-9+. The third-order valence-electron chi connectivity index (χ3n) is 2.91. The number of rotatable bonds is 8. The zero-order chi connectivity index (χ0) is 16.3. The minimum atomic E-state index is -0.355. The SMILES string of the molecule is COCONC(=O)/C=C/c1ccc(OCc2ccccc2)cc1. The van der Waals surface area contributed by atoms with Crippen LogP contribution in [-0.4, -0.2) is 19.8 Å². The quantitative estimate of drug-likeness (QED) is 0.352. The second-order valence-corrected chi connectivity index (χ2v) is 4.69. The fraction of sp³-hybridized carbons (Fsp3) is 0.167. The molecule has 0 atom stereocenters. The summed E-state index contributed by atoms with van der Waals surface area (Å²) in [6, 6.07) is 17.4. The van der Waals surface area contributed by atoms with Crippen molar-refractivity contribution in [2.24, 2.45) is 0 Å². The van der Waals surface area contributed by atoms with Crippen LogP contribution in [0.15, 0.2) is 60.7 Å². The Bertz CT molecular complexity index is 623. The molecule has 2 rings (SSSR count). The number of nitrogens with one attached hydrogen (secondary N) is 1. The van der Waals surface area contributed by atoms with Crippen molar-refractivity contribution < 1.29 is 19.1 Å². The molecule has 1 N–H and O–H groups in total. The van der Waals surface area contributed by atoms with Gasteiger partial charge in [0.1, 0.15) is 12.4 Å². The summed E-state index contributed by atoms with van der Waals surface area (Å²) in [5.74, 6) is 0.422. The van der Waals surface area contributed by atoms with Gasteiger partial charge in [0.2, 0.25) is 0 Å². The lowest BCUT2D eigenvalue weighted by Crippen LogP contribution is -2.22. The number of methoxy groups -OCH3 is 1. The average molecular weight is 313 g/mol. The van der Waals surface area contributed by atoms with E-state index in [1.54, 1.807) is 6.08 Å². The largest absolute Gasteiger partial charge is 0.489 e. The van der Waals surface area contributed by atoms with Gasteiger partial charge in [0.15, 0.2) is 6.79 Å². The molecular formula is C18H19NO4. The topological polar surface area (TPSA) is 56.8 Å². The second-order valence-electron chi connectivity index (χ2n) is 4.69. The first kappa shape index (κ1) is 16.7. The van der Waals surface area contributed by atoms with Crippen LogP contribution >= 0.6 is 0 Å². The lowest BCUT2D eigenvalue weighted by atomic mass is 10.2. The van der Waals surface area contributed by atoms with Crippen LogP contribution in [0.1, 0.15) is 11.1 Å². The van der Waals surface area contributed by atoms with Gasteiger partial charge in [-0.2, -0.15) is 0 Å². The molecule has 0 saturated carbocycles. The van der Waals surface area contributed by atoms with Gasteiger partial charge in [-0.15, -0.1) is 0 Å². The Hall–Kier alpha value is -2.63. The van der Waals surface area contributed by atoms with E-state index in [9.17, 15) is 4.79 Å². The first-order valence-corrected chi connectivity index (χ1v) is 7.13. The summed E-state index contributed by atoms with van der Waals surface area (Å²) >= 11 is 0. The molecule has 0 radical (unpaired) electrons. The first-order valence-electron chi connectivity index (χ1n) is 7.13. The van der Waals surface area contributed by atoms with Crippen LogP contribution in [0.3, 0.4) is 0 Å². The summed E-state index contributed by atoms with van der Waals surface area (Å²) in [6.07, 6.45) is 3.07. The van der Waals surface area contributed by atoms with Gasteiger partial charge in [-0.1, -0.05) is 42.5 Å². The number of carbonyl (C=O) groups excluding carboxylic acids is 1. The van der Waals surface area contributed by atoms with E-state index in [0.717, 1.165) is 16.9 Å². The number of benzene rings is 2. The van der Waals surface area contributed by atoms with Crippen LogP contribution in [0, 0.1) is 0 Å². The number of hydrogen-bond donors (Lipinski definition) is 1. The maximum absolute atomic E-state index is 11.4. The molecule has 0 saturated heterocycles. The molecule has 0 aliphatic rings. The zero-order valence-electron chi connectivity index (χ0n) is 12.9. The predicted octanol–water partition coefficient (Wildman–Crippen LogP) is 2.93. The van der Waals surface area contributed by atoms with E-state index in [0.29, 0.717) is 6.61 Å². The molecule has 5 heteroatoms. The van der Waals surface area contributed by atoms with Crippen molar-refractivity contribution >= 4 is 12.0 Å². The molecule has 5 nitrogen and oxygen atoms in total. The Kier molecular flexibility index (Phi) is 6.84. The Morgan fingerprint density at radius 3 is 2.52 bits per heavy atom. The van der Waals surface area contributed by atoms with E-state index in [1.165, 1.54) is 13.2 Å². The van der Waals surface area contributed by atoms with Crippen LogP contribution in [0.5, 0.6) is 5.75 Å². The Labute approximate surface area is 135 Å². The normalized spacial score (nSPS) is 10.7. The monoisotopic (exact) mass is 313 g/mol. The molecule has 23 heavy (non-hydrogen) atoms. The maximum atomic E-state index is 11.4. The molecule has 0 spiro atoms. The minimum Gasteiger partial charge on any atom is -0.489 e. The van der Waals surface area contributed by atoms with Crippen molar-refractivity contribution in [3.8, 4) is 5.75 Å². The third-order valence-corrected chi connectivity index (χ3v) is 2.91. The van der Waals surface area contributed by atoms with E-state index in [-0.39, 0.29) is 12.7 Å². The molecule has 0 aromatic heterocycles. The van der Waals surface area contributed by atoms with Crippen molar-refractivity contribution in [2.75, 3.05) is 13.9 Å². The van der Waals surface area contributed by atoms with Crippen LogP contribution in [0.2, 0.25) is 0 Å². The lowest BCUT2D eigenvalue weighted by molar-refractivity contribution is -0.139. The van der Waals surface area contributed by atoms with Crippen LogP contribution in [-0.2, 0) is 21.0 Å². The van der Waals surface area contributed by atoms with E-state index in [2.05, 4.69) is 10.2 Å². The van der Waals surface area contributed by atoms with Crippen LogP contribution in [0.25, 0.3) is 6.08 Å². The van der Waals surface area contributed by atoms with Crippen molar-refractivity contribution in [3.63, 3.8) is 0 Å². The summed E-state index contributed by atoms with van der Waals surface area (Å²) in [7, 11) is 1.48. The number of ether oxygens (including phenoxy) is 2. The maximum Gasteiger partial charge on any atom is 0.267 e. The van der Waals surface area contributed by atoms with Crippen molar-refractivity contribution in [1.29, 1.82) is 0 Å². The number of carbonyl (C=O) groups is 1. The lowest BCUT2D eigenvalue weighted by Gasteiger charge is -2.06. The molecule has 2 aromatic rings. The van der Waals surface area contributed by atoms with Crippen molar-refractivity contribution in [2.45, 2.75) is 6.61 Å². The Balaban J connectivity index is 1.81. The molecule has 0 heterocycles. The molecule has 0 fully saturated rings. The highest BCUT2D eigenvalue weighted by Crippen LogP contribution is 2.15. The molecule has 0 unspecified atom stereocenters. The molecule has 0 aliphatic carbocycles. The summed E-state index contributed by atoms with van der Waals surface area (Å²) in [6.45, 7) is 0.530. The van der Waals surface area contributed by atoms with Gasteiger partial charge in [0.25, 0.3) is 5.91 Å². The molecule has 1 amide bonds. The Morgan fingerprint density at radius 1 is 1.09 bits per heavy atom. The van der Waals surface area contributed by atoms with Crippen LogP contribution < -0.4 is 10.2 Å². The highest BCUT2D eigenvalue weighted by Gasteiger charge is 1.97. The molecule has 2 aromatic carbocycles. The number of amides is 1. The number of hydroxylamine groups is 1. The zero-order valence-corrected chi connectivity index (χ0v) is 12.9. The highest BCUT2D eigenvalue weighted by atomic mass is 16.8. The first-order chi connectivity index (χ1) is 11.3. The Morgan fingerprint density at radius 2 is 1.83 bits per heavy atom. The van der Waals surface area contributed by atoms with Gasteiger partial charge in [0, 0.05) is 13.2 Å². The molecule has 0 aliphatic heterocycles. The molecule has 120 valence electrons. The van der Waals surface area contributed by atoms with Gasteiger partial charge < -0.3 is 9.47 Å². The van der Waals surface area contributed by atoms with Gasteiger partial charge in [0.05, 0.1) is 0 Å². The summed E-state index contributed by atoms with van der Waals surface area (Å²) in [5.41, 5.74) is 4.23.